The van der Waals surface area contributed by atoms with E-state index in [1.165, 1.54) is 16.5 Å². The predicted octanol–water partition coefficient (Wildman–Crippen LogP) is 3.26. The molecular formula is C14H18N2OS. The summed E-state index contributed by atoms with van der Waals surface area (Å²) in [5.41, 5.74) is 0. The maximum Gasteiger partial charge on any atom is 0.134 e. The van der Waals surface area contributed by atoms with Gasteiger partial charge < -0.3 is 10.4 Å². The Labute approximate surface area is 111 Å². The Morgan fingerprint density at radius 1 is 1.39 bits per heavy atom. The quantitative estimate of drug-likeness (QED) is 0.892. The van der Waals surface area contributed by atoms with Crippen LogP contribution in [0.4, 0.5) is 5.82 Å². The van der Waals surface area contributed by atoms with E-state index in [0.29, 0.717) is 5.92 Å². The van der Waals surface area contributed by atoms with E-state index in [2.05, 4.69) is 27.8 Å². The van der Waals surface area contributed by atoms with Gasteiger partial charge in [0, 0.05) is 22.8 Å². The van der Waals surface area contributed by atoms with Crippen LogP contribution < -0.4 is 5.32 Å². The molecule has 0 radical (unpaired) electrons. The maximum absolute atomic E-state index is 9.67. The number of aliphatic hydroxyl groups excluding tert-OH is 1. The number of fused-ring (bicyclic) bond motifs is 1. The fourth-order valence-corrected chi connectivity index (χ4v) is 3.51. The normalized spacial score (nSPS) is 24.3. The van der Waals surface area contributed by atoms with Crippen molar-refractivity contribution in [1.82, 2.24) is 4.98 Å². The largest absolute Gasteiger partial charge is 0.393 e. The molecule has 2 unspecified atom stereocenters. The number of thiophene rings is 1. The van der Waals surface area contributed by atoms with Gasteiger partial charge in [-0.1, -0.05) is 6.42 Å². The van der Waals surface area contributed by atoms with E-state index < -0.39 is 0 Å². The molecule has 96 valence electrons. The molecule has 2 N–H and O–H groups in total. The number of aromatic nitrogens is 1. The standard InChI is InChI=1S/C14H18N2OS/c17-11-3-1-2-10(8-11)9-16-14-12-5-7-18-13(12)4-6-15-14/h4-7,10-11,17H,1-3,8-9H2,(H,15,16). The molecule has 0 bridgehead atoms. The Hall–Kier alpha value is -1.13. The summed E-state index contributed by atoms with van der Waals surface area (Å²) in [4.78, 5) is 4.42. The van der Waals surface area contributed by atoms with Crippen molar-refractivity contribution >= 4 is 27.2 Å². The van der Waals surface area contributed by atoms with E-state index in [4.69, 9.17) is 0 Å². The second kappa shape index (κ2) is 5.24. The Balaban J connectivity index is 1.67. The number of pyridine rings is 1. The van der Waals surface area contributed by atoms with Gasteiger partial charge in [0.1, 0.15) is 5.82 Å². The van der Waals surface area contributed by atoms with Gasteiger partial charge in [-0.3, -0.25) is 0 Å². The number of hydrogen-bond donors (Lipinski definition) is 2. The average Bonchev–Trinajstić information content (AvgIpc) is 2.85. The molecule has 1 aliphatic rings. The Bertz CT molecular complexity index is 525. The fraction of sp³-hybridized carbons (Fsp3) is 0.500. The molecule has 0 aliphatic heterocycles. The van der Waals surface area contributed by atoms with Gasteiger partial charge in [-0.25, -0.2) is 4.98 Å². The Morgan fingerprint density at radius 3 is 3.22 bits per heavy atom. The minimum atomic E-state index is -0.101. The monoisotopic (exact) mass is 262 g/mol. The van der Waals surface area contributed by atoms with Crippen LogP contribution in [-0.2, 0) is 0 Å². The van der Waals surface area contributed by atoms with Crippen molar-refractivity contribution in [3.63, 3.8) is 0 Å². The minimum Gasteiger partial charge on any atom is -0.393 e. The summed E-state index contributed by atoms with van der Waals surface area (Å²) < 4.78 is 1.27. The van der Waals surface area contributed by atoms with Crippen LogP contribution in [0.15, 0.2) is 23.7 Å². The number of anilines is 1. The van der Waals surface area contributed by atoms with Gasteiger partial charge in [-0.2, -0.15) is 0 Å². The summed E-state index contributed by atoms with van der Waals surface area (Å²) in [6.45, 7) is 0.916. The molecule has 3 rings (SSSR count). The number of hydrogen-bond acceptors (Lipinski definition) is 4. The fourth-order valence-electron chi connectivity index (χ4n) is 2.72. The molecule has 2 heterocycles. The molecule has 4 heteroatoms. The van der Waals surface area contributed by atoms with Gasteiger partial charge in [0.2, 0.25) is 0 Å². The third-order valence-corrected chi connectivity index (χ3v) is 4.58. The lowest BCUT2D eigenvalue weighted by molar-refractivity contribution is 0.104. The maximum atomic E-state index is 9.67. The molecule has 18 heavy (non-hydrogen) atoms. The van der Waals surface area contributed by atoms with Crippen LogP contribution in [0.5, 0.6) is 0 Å². The summed E-state index contributed by atoms with van der Waals surface area (Å²) in [5, 5.41) is 16.4. The zero-order chi connectivity index (χ0) is 12.4. The highest BCUT2D eigenvalue weighted by Crippen LogP contribution is 2.28. The van der Waals surface area contributed by atoms with Crippen molar-refractivity contribution in [2.75, 3.05) is 11.9 Å². The molecule has 0 aromatic carbocycles. The van der Waals surface area contributed by atoms with Gasteiger partial charge >= 0.3 is 0 Å². The molecule has 1 fully saturated rings. The molecular weight excluding hydrogens is 244 g/mol. The van der Waals surface area contributed by atoms with Gasteiger partial charge in [0.15, 0.2) is 0 Å². The van der Waals surface area contributed by atoms with E-state index in [0.717, 1.165) is 31.6 Å². The van der Waals surface area contributed by atoms with E-state index in [1.54, 1.807) is 11.3 Å². The summed E-state index contributed by atoms with van der Waals surface area (Å²) >= 11 is 1.74. The van der Waals surface area contributed by atoms with E-state index in [1.807, 2.05) is 6.20 Å². The lowest BCUT2D eigenvalue weighted by Gasteiger charge is -2.26. The minimum absolute atomic E-state index is 0.101. The van der Waals surface area contributed by atoms with Gasteiger partial charge in [-0.05, 0) is 42.7 Å². The summed E-state index contributed by atoms with van der Waals surface area (Å²) in [6, 6.07) is 4.17. The van der Waals surface area contributed by atoms with Crippen molar-refractivity contribution in [1.29, 1.82) is 0 Å². The lowest BCUT2D eigenvalue weighted by Crippen LogP contribution is -2.25. The summed E-state index contributed by atoms with van der Waals surface area (Å²) in [6.07, 6.45) is 6.00. The van der Waals surface area contributed by atoms with E-state index >= 15 is 0 Å². The van der Waals surface area contributed by atoms with Crippen LogP contribution in [0.3, 0.4) is 0 Å². The van der Waals surface area contributed by atoms with Crippen LogP contribution in [-0.4, -0.2) is 22.7 Å². The molecule has 0 saturated heterocycles. The van der Waals surface area contributed by atoms with Crippen molar-refractivity contribution in [2.24, 2.45) is 5.92 Å². The molecule has 2 aromatic rings. The van der Waals surface area contributed by atoms with Crippen LogP contribution in [0.1, 0.15) is 25.7 Å². The van der Waals surface area contributed by atoms with Crippen molar-refractivity contribution in [3.8, 4) is 0 Å². The number of nitrogens with one attached hydrogen (secondary N) is 1. The first-order valence-corrected chi connectivity index (χ1v) is 7.45. The highest BCUT2D eigenvalue weighted by molar-refractivity contribution is 7.17. The average molecular weight is 262 g/mol. The zero-order valence-electron chi connectivity index (χ0n) is 10.3. The second-order valence-corrected chi connectivity index (χ2v) is 6.01. The third-order valence-electron chi connectivity index (χ3n) is 3.69. The van der Waals surface area contributed by atoms with Crippen LogP contribution in [0.2, 0.25) is 0 Å². The molecule has 3 nitrogen and oxygen atoms in total. The first-order valence-electron chi connectivity index (χ1n) is 6.57. The zero-order valence-corrected chi connectivity index (χ0v) is 11.1. The summed E-state index contributed by atoms with van der Waals surface area (Å²) in [7, 11) is 0. The van der Waals surface area contributed by atoms with E-state index in [9.17, 15) is 5.11 Å². The summed E-state index contributed by atoms with van der Waals surface area (Å²) in [5.74, 6) is 1.55. The first kappa shape index (κ1) is 11.9. The topological polar surface area (TPSA) is 45.1 Å². The Morgan fingerprint density at radius 2 is 2.33 bits per heavy atom. The van der Waals surface area contributed by atoms with Crippen molar-refractivity contribution in [3.05, 3.63) is 23.7 Å². The highest BCUT2D eigenvalue weighted by Gasteiger charge is 2.20. The Kier molecular flexibility index (Phi) is 3.48. The van der Waals surface area contributed by atoms with Crippen LogP contribution in [0, 0.1) is 5.92 Å². The van der Waals surface area contributed by atoms with Gasteiger partial charge in [-0.15, -0.1) is 11.3 Å². The molecule has 2 aromatic heterocycles. The number of aliphatic hydroxyl groups is 1. The molecule has 0 amide bonds. The second-order valence-electron chi connectivity index (χ2n) is 5.06. The smallest absolute Gasteiger partial charge is 0.134 e. The molecule has 1 saturated carbocycles. The first-order chi connectivity index (χ1) is 8.83. The number of rotatable bonds is 3. The van der Waals surface area contributed by atoms with Crippen LogP contribution in [0.25, 0.3) is 10.1 Å². The molecule has 0 spiro atoms. The van der Waals surface area contributed by atoms with Crippen molar-refractivity contribution in [2.45, 2.75) is 31.8 Å². The van der Waals surface area contributed by atoms with Gasteiger partial charge in [0.05, 0.1) is 6.10 Å². The molecule has 2 atom stereocenters. The lowest BCUT2D eigenvalue weighted by atomic mass is 9.87. The van der Waals surface area contributed by atoms with Gasteiger partial charge in [0.25, 0.3) is 0 Å². The third kappa shape index (κ3) is 2.49. The number of nitrogens with zero attached hydrogens (tertiary/aromatic N) is 1. The SMILES string of the molecule is OC1CCCC(CNc2nccc3sccc23)C1. The van der Waals surface area contributed by atoms with Crippen LogP contribution >= 0.6 is 11.3 Å². The highest BCUT2D eigenvalue weighted by atomic mass is 32.1. The predicted molar refractivity (Wildman–Crippen MR) is 76.1 cm³/mol. The van der Waals surface area contributed by atoms with E-state index in [-0.39, 0.29) is 6.10 Å². The van der Waals surface area contributed by atoms with Crippen molar-refractivity contribution < 1.29 is 5.11 Å². The molecule has 1 aliphatic carbocycles.